The van der Waals surface area contributed by atoms with Crippen LogP contribution in [0.1, 0.15) is 35.3 Å². The second-order valence-electron chi connectivity index (χ2n) is 7.82. The lowest BCUT2D eigenvalue weighted by molar-refractivity contribution is -0.0971. The number of aromatic nitrogens is 1. The van der Waals surface area contributed by atoms with Crippen LogP contribution in [0, 0.1) is 6.92 Å². The molecule has 1 saturated heterocycles. The minimum absolute atomic E-state index is 0. The fourth-order valence-electron chi connectivity index (χ4n) is 3.52. The molecule has 2 aromatic rings. The third-order valence-corrected chi connectivity index (χ3v) is 6.08. The summed E-state index contributed by atoms with van der Waals surface area (Å²) in [6.45, 7) is 10.2. The van der Waals surface area contributed by atoms with Crippen LogP contribution in [0.3, 0.4) is 0 Å². The van der Waals surface area contributed by atoms with Crippen molar-refractivity contribution in [3.8, 4) is 0 Å². The Bertz CT molecular complexity index is 827. The number of guanidine groups is 1. The van der Waals surface area contributed by atoms with Crippen molar-refractivity contribution < 1.29 is 4.74 Å². The molecule has 9 heteroatoms. The number of thiazole rings is 1. The molecule has 2 N–H and O–H groups in total. The van der Waals surface area contributed by atoms with Gasteiger partial charge in [-0.05, 0) is 38.5 Å². The Morgan fingerprint density at radius 3 is 2.67 bits per heavy atom. The van der Waals surface area contributed by atoms with E-state index >= 15 is 0 Å². The Labute approximate surface area is 205 Å². The molecule has 1 atom stereocenters. The molecule has 30 heavy (non-hydrogen) atoms. The summed E-state index contributed by atoms with van der Waals surface area (Å²) in [7, 11) is 1.79. The summed E-state index contributed by atoms with van der Waals surface area (Å²) < 4.78 is 5.91. The van der Waals surface area contributed by atoms with Crippen molar-refractivity contribution in [1.82, 2.24) is 20.5 Å². The smallest absolute Gasteiger partial charge is 0.191 e. The first kappa shape index (κ1) is 25.3. The molecule has 2 heterocycles. The van der Waals surface area contributed by atoms with Crippen molar-refractivity contribution in [2.24, 2.45) is 4.99 Å². The first-order valence-electron chi connectivity index (χ1n) is 9.85. The normalized spacial score (nSPS) is 17.8. The van der Waals surface area contributed by atoms with Gasteiger partial charge >= 0.3 is 0 Å². The lowest BCUT2D eigenvalue weighted by Gasteiger charge is -2.42. The molecule has 1 aromatic carbocycles. The van der Waals surface area contributed by atoms with E-state index in [-0.39, 0.29) is 35.6 Å². The summed E-state index contributed by atoms with van der Waals surface area (Å²) in [5.41, 5.74) is 1.07. The van der Waals surface area contributed by atoms with Gasteiger partial charge in [-0.25, -0.2) is 4.98 Å². The van der Waals surface area contributed by atoms with Crippen molar-refractivity contribution in [2.75, 3.05) is 33.3 Å². The van der Waals surface area contributed by atoms with Crippen LogP contribution in [0.4, 0.5) is 0 Å². The lowest BCUT2D eigenvalue weighted by Crippen LogP contribution is -2.52. The quantitative estimate of drug-likeness (QED) is 0.313. The minimum Gasteiger partial charge on any atom is -0.373 e. The SMILES string of the molecule is CN=C(NCc1ncc(C)s1)NCC(c1ccc(Cl)cc1)N1CCOC(C)(C)C1.I. The van der Waals surface area contributed by atoms with Gasteiger partial charge in [-0.2, -0.15) is 0 Å². The first-order valence-corrected chi connectivity index (χ1v) is 11.0. The highest BCUT2D eigenvalue weighted by Gasteiger charge is 2.32. The summed E-state index contributed by atoms with van der Waals surface area (Å²) in [6.07, 6.45) is 1.90. The Kier molecular flexibility index (Phi) is 9.80. The van der Waals surface area contributed by atoms with Crippen molar-refractivity contribution >= 4 is 52.9 Å². The third-order valence-electron chi connectivity index (χ3n) is 4.91. The van der Waals surface area contributed by atoms with Crippen LogP contribution in [0.2, 0.25) is 5.02 Å². The first-order chi connectivity index (χ1) is 13.9. The van der Waals surface area contributed by atoms with Gasteiger partial charge in [0.2, 0.25) is 0 Å². The predicted octanol–water partition coefficient (Wildman–Crippen LogP) is 4.24. The number of hydrogen-bond acceptors (Lipinski definition) is 5. The fraction of sp³-hybridized carbons (Fsp3) is 0.524. The summed E-state index contributed by atoms with van der Waals surface area (Å²) in [5.74, 6) is 0.768. The zero-order chi connectivity index (χ0) is 20.9. The third kappa shape index (κ3) is 7.33. The second kappa shape index (κ2) is 11.6. The van der Waals surface area contributed by atoms with Gasteiger partial charge in [0.15, 0.2) is 5.96 Å². The number of rotatable bonds is 6. The van der Waals surface area contributed by atoms with Crippen LogP contribution in [0.5, 0.6) is 0 Å². The molecular weight excluding hydrogens is 533 g/mol. The standard InChI is InChI=1S/C21H30ClN5OS.HI/c1-15-11-24-19(29-15)13-26-20(23-4)25-12-18(16-5-7-17(22)8-6-16)27-9-10-28-21(2,3)14-27;/h5-8,11,18H,9-10,12-14H2,1-4H3,(H2,23,25,26);1H. The highest BCUT2D eigenvalue weighted by molar-refractivity contribution is 14.0. The van der Waals surface area contributed by atoms with Gasteiger partial charge in [-0.3, -0.25) is 9.89 Å². The van der Waals surface area contributed by atoms with Crippen LogP contribution in [-0.2, 0) is 11.3 Å². The number of aliphatic imine (C=N–C) groups is 1. The summed E-state index contributed by atoms with van der Waals surface area (Å²) >= 11 is 7.81. The summed E-state index contributed by atoms with van der Waals surface area (Å²) in [4.78, 5) is 12.5. The van der Waals surface area contributed by atoms with Gasteiger partial charge < -0.3 is 15.4 Å². The predicted molar refractivity (Wildman–Crippen MR) is 136 cm³/mol. The van der Waals surface area contributed by atoms with Crippen molar-refractivity contribution in [3.05, 3.63) is 50.9 Å². The molecule has 0 aliphatic carbocycles. The molecule has 1 aromatic heterocycles. The van der Waals surface area contributed by atoms with Crippen molar-refractivity contribution in [2.45, 2.75) is 39.0 Å². The van der Waals surface area contributed by atoms with Crippen LogP contribution in [0.15, 0.2) is 35.5 Å². The van der Waals surface area contributed by atoms with E-state index in [4.69, 9.17) is 16.3 Å². The van der Waals surface area contributed by atoms with Gasteiger partial charge in [0.1, 0.15) is 5.01 Å². The van der Waals surface area contributed by atoms with Gasteiger partial charge in [0, 0.05) is 42.8 Å². The largest absolute Gasteiger partial charge is 0.373 e. The molecule has 0 radical (unpaired) electrons. The van der Waals surface area contributed by atoms with E-state index in [0.717, 1.165) is 42.2 Å². The molecule has 1 unspecified atom stereocenters. The lowest BCUT2D eigenvalue weighted by atomic mass is 10.0. The van der Waals surface area contributed by atoms with E-state index in [1.165, 1.54) is 10.4 Å². The highest BCUT2D eigenvalue weighted by atomic mass is 127. The zero-order valence-electron chi connectivity index (χ0n) is 17.9. The molecular formula is C21H31ClIN5OS. The monoisotopic (exact) mass is 563 g/mol. The Morgan fingerprint density at radius 2 is 2.07 bits per heavy atom. The molecule has 166 valence electrons. The number of aryl methyl sites for hydroxylation is 1. The molecule has 0 spiro atoms. The zero-order valence-corrected chi connectivity index (χ0v) is 21.8. The second-order valence-corrected chi connectivity index (χ2v) is 9.57. The van der Waals surface area contributed by atoms with E-state index in [1.807, 2.05) is 18.3 Å². The van der Waals surface area contributed by atoms with Crippen molar-refractivity contribution in [3.63, 3.8) is 0 Å². The average molecular weight is 564 g/mol. The van der Waals surface area contributed by atoms with Gasteiger partial charge in [-0.15, -0.1) is 35.3 Å². The number of hydrogen-bond donors (Lipinski definition) is 2. The maximum absolute atomic E-state index is 6.12. The maximum atomic E-state index is 6.12. The van der Waals surface area contributed by atoms with E-state index in [0.29, 0.717) is 6.54 Å². The maximum Gasteiger partial charge on any atom is 0.191 e. The van der Waals surface area contributed by atoms with E-state index < -0.39 is 0 Å². The number of benzene rings is 1. The molecule has 1 aliphatic heterocycles. The van der Waals surface area contributed by atoms with Gasteiger partial charge in [-0.1, -0.05) is 23.7 Å². The van der Waals surface area contributed by atoms with Crippen molar-refractivity contribution in [1.29, 1.82) is 0 Å². The molecule has 1 aliphatic rings. The van der Waals surface area contributed by atoms with E-state index in [2.05, 4.69) is 58.4 Å². The molecule has 1 fully saturated rings. The molecule has 0 bridgehead atoms. The summed E-state index contributed by atoms with van der Waals surface area (Å²) in [5, 5.41) is 8.64. The Hall–Kier alpha value is -0.940. The molecule has 6 nitrogen and oxygen atoms in total. The number of morpholine rings is 1. The van der Waals surface area contributed by atoms with Crippen LogP contribution in [-0.4, -0.2) is 54.7 Å². The summed E-state index contributed by atoms with van der Waals surface area (Å²) in [6, 6.07) is 8.30. The van der Waals surface area contributed by atoms with E-state index in [1.54, 1.807) is 18.4 Å². The molecule has 3 rings (SSSR count). The average Bonchev–Trinajstić information content (AvgIpc) is 3.10. The Morgan fingerprint density at radius 1 is 1.33 bits per heavy atom. The number of halogens is 2. The number of ether oxygens (including phenoxy) is 1. The van der Waals surface area contributed by atoms with Gasteiger partial charge in [0.05, 0.1) is 24.8 Å². The fourth-order valence-corrected chi connectivity index (χ4v) is 4.37. The highest BCUT2D eigenvalue weighted by Crippen LogP contribution is 2.27. The topological polar surface area (TPSA) is 61.8 Å². The number of nitrogens with one attached hydrogen (secondary N) is 2. The van der Waals surface area contributed by atoms with E-state index in [9.17, 15) is 0 Å². The minimum atomic E-state index is -0.161. The van der Waals surface area contributed by atoms with Crippen LogP contribution < -0.4 is 10.6 Å². The van der Waals surface area contributed by atoms with Crippen LogP contribution in [0.25, 0.3) is 0 Å². The molecule has 0 amide bonds. The molecule has 0 saturated carbocycles. The van der Waals surface area contributed by atoms with Crippen LogP contribution >= 0.6 is 46.9 Å². The Balaban J connectivity index is 0.00000320. The van der Waals surface area contributed by atoms with Gasteiger partial charge in [0.25, 0.3) is 0 Å². The number of nitrogens with zero attached hydrogens (tertiary/aromatic N) is 3.